The summed E-state index contributed by atoms with van der Waals surface area (Å²) in [6.45, 7) is 2.20. The number of aromatic nitrogens is 2. The van der Waals surface area contributed by atoms with Gasteiger partial charge in [0.05, 0.1) is 17.7 Å². The summed E-state index contributed by atoms with van der Waals surface area (Å²) < 4.78 is 1.04. The average molecular weight is 319 g/mol. The zero-order valence-electron chi connectivity index (χ0n) is 10.7. The van der Waals surface area contributed by atoms with E-state index in [9.17, 15) is 5.11 Å². The number of aliphatic hydroxyl groups excluding tert-OH is 1. The third-order valence-electron chi connectivity index (χ3n) is 3.76. The van der Waals surface area contributed by atoms with Gasteiger partial charge in [-0.25, -0.2) is 9.97 Å². The first-order valence-corrected chi connectivity index (χ1v) is 7.15. The van der Waals surface area contributed by atoms with Crippen LogP contribution in [0.4, 0.5) is 0 Å². The summed E-state index contributed by atoms with van der Waals surface area (Å²) in [6.07, 6.45) is 3.74. The SMILES string of the molecule is Cc1ccc(Br)cc1-c1ccnc(C2(CO)CC2)n1. The molecule has 1 aromatic heterocycles. The molecule has 1 N–H and O–H groups in total. The maximum atomic E-state index is 9.48. The van der Waals surface area contributed by atoms with Crippen LogP contribution in [0.5, 0.6) is 0 Å². The largest absolute Gasteiger partial charge is 0.395 e. The van der Waals surface area contributed by atoms with Gasteiger partial charge >= 0.3 is 0 Å². The molecule has 4 heteroatoms. The van der Waals surface area contributed by atoms with E-state index >= 15 is 0 Å². The van der Waals surface area contributed by atoms with Crippen LogP contribution in [0.1, 0.15) is 24.2 Å². The monoisotopic (exact) mass is 318 g/mol. The van der Waals surface area contributed by atoms with Crippen LogP contribution in [0.3, 0.4) is 0 Å². The first-order valence-electron chi connectivity index (χ1n) is 6.35. The van der Waals surface area contributed by atoms with Crippen molar-refractivity contribution >= 4 is 15.9 Å². The van der Waals surface area contributed by atoms with E-state index in [4.69, 9.17) is 0 Å². The molecule has 0 bridgehead atoms. The van der Waals surface area contributed by atoms with Crippen molar-refractivity contribution in [1.82, 2.24) is 9.97 Å². The lowest BCUT2D eigenvalue weighted by Crippen LogP contribution is -2.16. The number of hydrogen-bond donors (Lipinski definition) is 1. The van der Waals surface area contributed by atoms with Gasteiger partial charge in [0.2, 0.25) is 0 Å². The molecule has 1 aliphatic rings. The van der Waals surface area contributed by atoms with Crippen molar-refractivity contribution in [2.75, 3.05) is 6.61 Å². The topological polar surface area (TPSA) is 46.0 Å². The molecule has 0 saturated heterocycles. The van der Waals surface area contributed by atoms with Gasteiger partial charge in [-0.05, 0) is 43.5 Å². The second-order valence-corrected chi connectivity index (χ2v) is 6.08. The van der Waals surface area contributed by atoms with Crippen molar-refractivity contribution in [3.8, 4) is 11.3 Å². The minimum absolute atomic E-state index is 0.133. The quantitative estimate of drug-likeness (QED) is 0.945. The first kappa shape index (κ1) is 12.8. The minimum Gasteiger partial charge on any atom is -0.395 e. The Bertz CT molecular complexity index is 623. The van der Waals surface area contributed by atoms with Crippen molar-refractivity contribution in [2.24, 2.45) is 0 Å². The van der Waals surface area contributed by atoms with E-state index in [0.29, 0.717) is 0 Å². The number of nitrogens with zero attached hydrogens (tertiary/aromatic N) is 2. The van der Waals surface area contributed by atoms with Crippen LogP contribution in [-0.4, -0.2) is 21.7 Å². The zero-order chi connectivity index (χ0) is 13.5. The molecule has 2 aromatic rings. The Kier molecular flexibility index (Phi) is 3.15. The average Bonchev–Trinajstić information content (AvgIpc) is 3.23. The van der Waals surface area contributed by atoms with Gasteiger partial charge in [-0.2, -0.15) is 0 Å². The van der Waals surface area contributed by atoms with Gasteiger partial charge in [0.25, 0.3) is 0 Å². The summed E-state index contributed by atoms with van der Waals surface area (Å²) in [4.78, 5) is 9.00. The molecule has 0 spiro atoms. The molecule has 0 radical (unpaired) electrons. The fourth-order valence-electron chi connectivity index (χ4n) is 2.24. The van der Waals surface area contributed by atoms with Crippen molar-refractivity contribution in [3.05, 3.63) is 46.3 Å². The lowest BCUT2D eigenvalue weighted by Gasteiger charge is -2.12. The highest BCUT2D eigenvalue weighted by Gasteiger charge is 2.46. The standard InChI is InChI=1S/C15H15BrN2O/c1-10-2-3-11(16)8-12(10)13-4-7-17-14(18-13)15(9-19)5-6-15/h2-4,7-8,19H,5-6,9H2,1H3. The molecule has 98 valence electrons. The smallest absolute Gasteiger partial charge is 0.137 e. The molecule has 3 rings (SSSR count). The lowest BCUT2D eigenvalue weighted by molar-refractivity contribution is 0.250. The second-order valence-electron chi connectivity index (χ2n) is 5.16. The maximum Gasteiger partial charge on any atom is 0.137 e. The molecule has 0 unspecified atom stereocenters. The van der Waals surface area contributed by atoms with E-state index in [1.165, 1.54) is 5.56 Å². The highest BCUT2D eigenvalue weighted by molar-refractivity contribution is 9.10. The van der Waals surface area contributed by atoms with Crippen molar-refractivity contribution in [2.45, 2.75) is 25.2 Å². The summed E-state index contributed by atoms with van der Waals surface area (Å²) in [5.74, 6) is 0.770. The van der Waals surface area contributed by atoms with E-state index in [-0.39, 0.29) is 12.0 Å². The molecule has 1 aromatic carbocycles. The fourth-order valence-corrected chi connectivity index (χ4v) is 2.60. The Hall–Kier alpha value is -1.26. The normalized spacial score (nSPS) is 16.4. The molecule has 19 heavy (non-hydrogen) atoms. The molecule has 1 saturated carbocycles. The van der Waals surface area contributed by atoms with Gasteiger partial charge in [0.1, 0.15) is 5.82 Å². The summed E-state index contributed by atoms with van der Waals surface area (Å²) in [7, 11) is 0. The van der Waals surface area contributed by atoms with E-state index in [1.807, 2.05) is 12.1 Å². The third kappa shape index (κ3) is 2.30. The molecule has 0 amide bonds. The van der Waals surface area contributed by atoms with Gasteiger partial charge in [0.15, 0.2) is 0 Å². The van der Waals surface area contributed by atoms with Gasteiger partial charge < -0.3 is 5.11 Å². The van der Waals surface area contributed by atoms with Crippen molar-refractivity contribution in [3.63, 3.8) is 0 Å². The highest BCUT2D eigenvalue weighted by atomic mass is 79.9. The predicted molar refractivity (Wildman–Crippen MR) is 77.9 cm³/mol. The lowest BCUT2D eigenvalue weighted by atomic mass is 10.0. The number of aryl methyl sites for hydroxylation is 1. The molecule has 1 fully saturated rings. The van der Waals surface area contributed by atoms with Crippen LogP contribution < -0.4 is 0 Å². The Morgan fingerprint density at radius 2 is 2.11 bits per heavy atom. The van der Waals surface area contributed by atoms with Gasteiger partial charge in [-0.1, -0.05) is 22.0 Å². The fraction of sp³-hybridized carbons (Fsp3) is 0.333. The van der Waals surface area contributed by atoms with E-state index in [2.05, 4.69) is 45.0 Å². The van der Waals surface area contributed by atoms with Crippen LogP contribution >= 0.6 is 15.9 Å². The summed E-state index contributed by atoms with van der Waals surface area (Å²) in [6, 6.07) is 8.09. The van der Waals surface area contributed by atoms with Gasteiger partial charge in [0, 0.05) is 16.2 Å². The molecule has 3 nitrogen and oxygen atoms in total. The minimum atomic E-state index is -0.185. The predicted octanol–water partition coefficient (Wildman–Crippen LogP) is 3.24. The van der Waals surface area contributed by atoms with E-state index < -0.39 is 0 Å². The maximum absolute atomic E-state index is 9.48. The summed E-state index contributed by atoms with van der Waals surface area (Å²) in [5.41, 5.74) is 3.02. The summed E-state index contributed by atoms with van der Waals surface area (Å²) in [5, 5.41) is 9.48. The number of benzene rings is 1. The Morgan fingerprint density at radius 1 is 1.32 bits per heavy atom. The molecule has 1 aliphatic carbocycles. The molecule has 0 atom stereocenters. The highest BCUT2D eigenvalue weighted by Crippen LogP contribution is 2.46. The van der Waals surface area contributed by atoms with Crippen LogP contribution in [0.2, 0.25) is 0 Å². The van der Waals surface area contributed by atoms with Crippen LogP contribution in [0.25, 0.3) is 11.3 Å². The van der Waals surface area contributed by atoms with Gasteiger partial charge in [-0.3, -0.25) is 0 Å². The number of halogens is 1. The summed E-state index contributed by atoms with van der Waals surface area (Å²) >= 11 is 3.49. The van der Waals surface area contributed by atoms with Crippen LogP contribution in [0, 0.1) is 6.92 Å². The Balaban J connectivity index is 2.06. The third-order valence-corrected chi connectivity index (χ3v) is 4.25. The Morgan fingerprint density at radius 3 is 2.79 bits per heavy atom. The molecule has 0 aliphatic heterocycles. The number of hydrogen-bond acceptors (Lipinski definition) is 3. The van der Waals surface area contributed by atoms with Crippen molar-refractivity contribution in [1.29, 1.82) is 0 Å². The first-order chi connectivity index (χ1) is 9.14. The van der Waals surface area contributed by atoms with Gasteiger partial charge in [-0.15, -0.1) is 0 Å². The van der Waals surface area contributed by atoms with Crippen LogP contribution in [0.15, 0.2) is 34.9 Å². The van der Waals surface area contributed by atoms with E-state index in [0.717, 1.165) is 34.4 Å². The zero-order valence-corrected chi connectivity index (χ0v) is 12.3. The van der Waals surface area contributed by atoms with Crippen molar-refractivity contribution < 1.29 is 5.11 Å². The van der Waals surface area contributed by atoms with E-state index in [1.54, 1.807) is 6.20 Å². The number of aliphatic hydroxyl groups is 1. The molecular formula is C15H15BrN2O. The molecular weight excluding hydrogens is 304 g/mol. The molecule has 1 heterocycles. The Labute approximate surface area is 120 Å². The number of rotatable bonds is 3. The van der Waals surface area contributed by atoms with Crippen LogP contribution in [-0.2, 0) is 5.41 Å². The second kappa shape index (κ2) is 4.69.